The Morgan fingerprint density at radius 3 is 2.58 bits per heavy atom. The summed E-state index contributed by atoms with van der Waals surface area (Å²) >= 11 is 1.49. The number of carbonyl (C=O) groups is 2. The summed E-state index contributed by atoms with van der Waals surface area (Å²) in [6.07, 6.45) is 0.900. The molecule has 0 fully saturated rings. The topological polar surface area (TPSA) is 75.6 Å². The third kappa shape index (κ3) is 6.07. The number of thioether (sulfide) groups is 1. The summed E-state index contributed by atoms with van der Waals surface area (Å²) in [6, 6.07) is 10.8. The Bertz CT molecular complexity index is 765. The number of ether oxygens (including phenoxy) is 1. The molecule has 2 rings (SSSR count). The number of nitrogens with one attached hydrogen (secondary N) is 1. The van der Waals surface area contributed by atoms with Gasteiger partial charge in [-0.05, 0) is 48.4 Å². The molecule has 138 valence electrons. The van der Waals surface area contributed by atoms with Crippen molar-refractivity contribution < 1.29 is 23.8 Å². The van der Waals surface area contributed by atoms with Crippen LogP contribution >= 0.6 is 11.8 Å². The predicted octanol–water partition coefficient (Wildman–Crippen LogP) is 3.37. The lowest BCUT2D eigenvalue weighted by Crippen LogP contribution is -2.26. The summed E-state index contributed by atoms with van der Waals surface area (Å²) in [6.45, 7) is 0.433. The van der Waals surface area contributed by atoms with Crippen LogP contribution in [0.3, 0.4) is 0 Å². The molecule has 0 aliphatic carbocycles. The Morgan fingerprint density at radius 1 is 1.19 bits per heavy atom. The van der Waals surface area contributed by atoms with Crippen molar-refractivity contribution in [2.24, 2.45) is 0 Å². The lowest BCUT2D eigenvalue weighted by Gasteiger charge is -2.10. The van der Waals surface area contributed by atoms with Crippen LogP contribution in [0.5, 0.6) is 5.75 Å². The van der Waals surface area contributed by atoms with Crippen LogP contribution in [0.2, 0.25) is 0 Å². The largest absolute Gasteiger partial charge is 0.496 e. The zero-order chi connectivity index (χ0) is 18.9. The highest BCUT2D eigenvalue weighted by molar-refractivity contribution is 7.99. The molecule has 0 atom stereocenters. The van der Waals surface area contributed by atoms with E-state index in [9.17, 15) is 14.0 Å². The maximum Gasteiger partial charge on any atom is 0.335 e. The molecule has 0 bridgehead atoms. The van der Waals surface area contributed by atoms with Crippen molar-refractivity contribution in [2.45, 2.75) is 17.7 Å². The van der Waals surface area contributed by atoms with E-state index in [4.69, 9.17) is 9.84 Å². The predicted molar refractivity (Wildman–Crippen MR) is 98.4 cm³/mol. The van der Waals surface area contributed by atoms with Crippen LogP contribution in [0.25, 0.3) is 0 Å². The van der Waals surface area contributed by atoms with E-state index in [0.717, 1.165) is 10.5 Å². The van der Waals surface area contributed by atoms with Gasteiger partial charge in [0.1, 0.15) is 11.6 Å². The van der Waals surface area contributed by atoms with Gasteiger partial charge in [-0.15, -0.1) is 11.8 Å². The smallest absolute Gasteiger partial charge is 0.335 e. The standard InChI is InChI=1S/C19H20FNO4S/c1-25-17-12-14(19(23)24)3-2-13(17)8-10-21-18(22)9-11-26-16-6-4-15(20)5-7-16/h2-7,12H,8-11H2,1H3,(H,21,22)(H,23,24). The van der Waals surface area contributed by atoms with E-state index in [2.05, 4.69) is 5.32 Å². The van der Waals surface area contributed by atoms with Crippen LogP contribution in [-0.2, 0) is 11.2 Å². The fourth-order valence-corrected chi connectivity index (χ4v) is 3.15. The minimum absolute atomic E-state index is 0.0688. The number of halogens is 1. The molecule has 2 aromatic carbocycles. The Balaban J connectivity index is 1.74. The molecule has 0 aromatic heterocycles. The first-order valence-electron chi connectivity index (χ1n) is 8.05. The van der Waals surface area contributed by atoms with Gasteiger partial charge in [-0.1, -0.05) is 6.07 Å². The van der Waals surface area contributed by atoms with Gasteiger partial charge >= 0.3 is 5.97 Å². The number of benzene rings is 2. The highest BCUT2D eigenvalue weighted by Crippen LogP contribution is 2.21. The van der Waals surface area contributed by atoms with E-state index < -0.39 is 5.97 Å². The molecule has 0 unspecified atom stereocenters. The molecule has 0 spiro atoms. The van der Waals surface area contributed by atoms with Crippen LogP contribution in [0, 0.1) is 5.82 Å². The number of aromatic carboxylic acids is 1. The average molecular weight is 377 g/mol. The minimum atomic E-state index is -1.01. The van der Waals surface area contributed by atoms with Gasteiger partial charge in [0, 0.05) is 23.6 Å². The average Bonchev–Trinajstić information content (AvgIpc) is 2.63. The van der Waals surface area contributed by atoms with Gasteiger partial charge < -0.3 is 15.2 Å². The Kier molecular flexibility index (Phi) is 7.47. The Morgan fingerprint density at radius 2 is 1.92 bits per heavy atom. The van der Waals surface area contributed by atoms with E-state index in [-0.39, 0.29) is 17.3 Å². The number of rotatable bonds is 9. The van der Waals surface area contributed by atoms with Gasteiger partial charge in [-0.2, -0.15) is 0 Å². The lowest BCUT2D eigenvalue weighted by molar-refractivity contribution is -0.120. The number of hydrogen-bond acceptors (Lipinski definition) is 4. The first-order valence-corrected chi connectivity index (χ1v) is 9.03. The highest BCUT2D eigenvalue weighted by atomic mass is 32.2. The summed E-state index contributed by atoms with van der Waals surface area (Å²) in [5, 5.41) is 11.8. The van der Waals surface area contributed by atoms with Crippen LogP contribution in [-0.4, -0.2) is 36.4 Å². The Labute approximate surface area is 155 Å². The fourth-order valence-electron chi connectivity index (χ4n) is 2.30. The van der Waals surface area contributed by atoms with Crippen LogP contribution in [0.15, 0.2) is 47.4 Å². The fraction of sp³-hybridized carbons (Fsp3) is 0.263. The molecule has 2 aromatic rings. The second-order valence-electron chi connectivity index (χ2n) is 5.48. The van der Waals surface area contributed by atoms with E-state index in [1.54, 1.807) is 18.2 Å². The van der Waals surface area contributed by atoms with Crippen molar-refractivity contribution in [3.63, 3.8) is 0 Å². The maximum atomic E-state index is 12.8. The van der Waals surface area contributed by atoms with Gasteiger partial charge in [0.25, 0.3) is 0 Å². The second-order valence-corrected chi connectivity index (χ2v) is 6.65. The number of hydrogen-bond donors (Lipinski definition) is 2. The summed E-state index contributed by atoms with van der Waals surface area (Å²) in [5.74, 6) is -0.263. The number of amides is 1. The third-order valence-electron chi connectivity index (χ3n) is 3.66. The molecule has 1 amide bonds. The van der Waals surface area contributed by atoms with Gasteiger partial charge in [0.15, 0.2) is 0 Å². The molecule has 5 nitrogen and oxygen atoms in total. The van der Waals surface area contributed by atoms with E-state index >= 15 is 0 Å². The monoisotopic (exact) mass is 377 g/mol. The molecule has 0 saturated carbocycles. The number of carboxylic acid groups (broad SMARTS) is 1. The minimum Gasteiger partial charge on any atom is -0.496 e. The van der Waals surface area contributed by atoms with Crippen molar-refractivity contribution in [2.75, 3.05) is 19.4 Å². The lowest BCUT2D eigenvalue weighted by atomic mass is 10.1. The summed E-state index contributed by atoms with van der Waals surface area (Å²) in [5.41, 5.74) is 0.992. The zero-order valence-electron chi connectivity index (χ0n) is 14.3. The molecular weight excluding hydrogens is 357 g/mol. The van der Waals surface area contributed by atoms with E-state index in [1.807, 2.05) is 0 Å². The van der Waals surface area contributed by atoms with Crippen LogP contribution < -0.4 is 10.1 Å². The summed E-state index contributed by atoms with van der Waals surface area (Å²) in [4.78, 5) is 23.8. The summed E-state index contributed by atoms with van der Waals surface area (Å²) < 4.78 is 18.0. The van der Waals surface area contributed by atoms with Crippen molar-refractivity contribution in [1.82, 2.24) is 5.32 Å². The SMILES string of the molecule is COc1cc(C(=O)O)ccc1CCNC(=O)CCSc1ccc(F)cc1. The highest BCUT2D eigenvalue weighted by Gasteiger charge is 2.09. The normalized spacial score (nSPS) is 10.4. The third-order valence-corrected chi connectivity index (χ3v) is 4.68. The van der Waals surface area contributed by atoms with Gasteiger partial charge in [0.2, 0.25) is 5.91 Å². The van der Waals surface area contributed by atoms with Crippen molar-refractivity contribution in [1.29, 1.82) is 0 Å². The summed E-state index contributed by atoms with van der Waals surface area (Å²) in [7, 11) is 1.48. The molecule has 0 heterocycles. The van der Waals surface area contributed by atoms with Gasteiger partial charge in [-0.25, -0.2) is 9.18 Å². The van der Waals surface area contributed by atoms with Crippen LogP contribution in [0.1, 0.15) is 22.3 Å². The molecule has 26 heavy (non-hydrogen) atoms. The number of methoxy groups -OCH3 is 1. The van der Waals surface area contributed by atoms with E-state index in [0.29, 0.717) is 30.9 Å². The first kappa shape index (κ1) is 19.8. The molecular formula is C19H20FNO4S. The maximum absolute atomic E-state index is 12.8. The van der Waals surface area contributed by atoms with Crippen molar-refractivity contribution in [3.8, 4) is 5.75 Å². The van der Waals surface area contributed by atoms with Crippen molar-refractivity contribution in [3.05, 3.63) is 59.4 Å². The first-order chi connectivity index (χ1) is 12.5. The number of carboxylic acids is 1. The van der Waals surface area contributed by atoms with Gasteiger partial charge in [0.05, 0.1) is 12.7 Å². The molecule has 0 saturated heterocycles. The second kappa shape index (κ2) is 9.82. The quantitative estimate of drug-likeness (QED) is 0.656. The van der Waals surface area contributed by atoms with Gasteiger partial charge in [-0.3, -0.25) is 4.79 Å². The molecule has 7 heteroatoms. The Hall–Kier alpha value is -2.54. The molecule has 0 aliphatic heterocycles. The van der Waals surface area contributed by atoms with Crippen molar-refractivity contribution >= 4 is 23.6 Å². The molecule has 0 radical (unpaired) electrons. The van der Waals surface area contributed by atoms with Crippen LogP contribution in [0.4, 0.5) is 4.39 Å². The molecule has 0 aliphatic rings. The molecule has 2 N–H and O–H groups in total. The zero-order valence-corrected chi connectivity index (χ0v) is 15.1. The number of carbonyl (C=O) groups excluding carboxylic acids is 1. The van der Waals surface area contributed by atoms with E-state index in [1.165, 1.54) is 43.1 Å².